The zero-order chi connectivity index (χ0) is 16.8. The van der Waals surface area contributed by atoms with E-state index in [0.29, 0.717) is 12.5 Å². The lowest BCUT2D eigenvalue weighted by Crippen LogP contribution is -2.44. The third kappa shape index (κ3) is 5.06. The van der Waals surface area contributed by atoms with E-state index in [2.05, 4.69) is 24.1 Å². The molecule has 1 aliphatic rings. The molecule has 23 heavy (non-hydrogen) atoms. The van der Waals surface area contributed by atoms with Gasteiger partial charge < -0.3 is 11.1 Å². The highest BCUT2D eigenvalue weighted by atomic mass is 16.2. The summed E-state index contributed by atoms with van der Waals surface area (Å²) in [5.41, 5.74) is 6.47. The first kappa shape index (κ1) is 17.5. The minimum Gasteiger partial charge on any atom is -0.369 e. The fourth-order valence-corrected chi connectivity index (χ4v) is 3.09. The summed E-state index contributed by atoms with van der Waals surface area (Å²) in [4.78, 5) is 25.6. The minimum atomic E-state index is -0.224. The summed E-state index contributed by atoms with van der Waals surface area (Å²) in [6.45, 7) is 6.09. The first-order valence-electron chi connectivity index (χ1n) is 8.33. The molecule has 0 aromatic heterocycles. The molecule has 3 N–H and O–H groups in total. The number of hydrogen-bond donors (Lipinski definition) is 2. The highest BCUT2D eigenvalue weighted by Gasteiger charge is 2.25. The van der Waals surface area contributed by atoms with E-state index in [-0.39, 0.29) is 23.8 Å². The number of amides is 2. The van der Waals surface area contributed by atoms with Crippen LogP contribution >= 0.6 is 0 Å². The van der Waals surface area contributed by atoms with Crippen LogP contribution < -0.4 is 11.1 Å². The summed E-state index contributed by atoms with van der Waals surface area (Å²) in [7, 11) is 0. The van der Waals surface area contributed by atoms with Gasteiger partial charge in [-0.25, -0.2) is 0 Å². The third-order valence-electron chi connectivity index (χ3n) is 4.50. The van der Waals surface area contributed by atoms with Gasteiger partial charge in [-0.1, -0.05) is 44.2 Å². The summed E-state index contributed by atoms with van der Waals surface area (Å²) in [5.74, 6) is 0.0899. The van der Waals surface area contributed by atoms with E-state index in [1.54, 1.807) is 0 Å². The Balaban J connectivity index is 1.87. The molecule has 0 saturated carbocycles. The average Bonchev–Trinajstić information content (AvgIpc) is 2.53. The second-order valence-corrected chi connectivity index (χ2v) is 6.65. The van der Waals surface area contributed by atoms with Crippen molar-refractivity contribution in [1.29, 1.82) is 0 Å². The minimum absolute atomic E-state index is 0.0202. The maximum absolute atomic E-state index is 12.4. The van der Waals surface area contributed by atoms with E-state index in [1.165, 1.54) is 0 Å². The molecule has 5 nitrogen and oxygen atoms in total. The maximum atomic E-state index is 12.4. The molecule has 0 bridgehead atoms. The zero-order valence-corrected chi connectivity index (χ0v) is 14.0. The first-order valence-corrected chi connectivity index (χ1v) is 8.33. The number of piperidine rings is 1. The summed E-state index contributed by atoms with van der Waals surface area (Å²) in [5, 5.41) is 3.14. The van der Waals surface area contributed by atoms with Crippen molar-refractivity contribution in [3.05, 3.63) is 35.9 Å². The number of nitrogens with two attached hydrogens (primary N) is 1. The van der Waals surface area contributed by atoms with Crippen molar-refractivity contribution in [2.75, 3.05) is 19.6 Å². The van der Waals surface area contributed by atoms with Crippen LogP contribution in [0.4, 0.5) is 0 Å². The molecule has 1 saturated heterocycles. The van der Waals surface area contributed by atoms with Crippen LogP contribution in [-0.2, 0) is 9.59 Å². The van der Waals surface area contributed by atoms with Gasteiger partial charge in [-0.05, 0) is 37.4 Å². The van der Waals surface area contributed by atoms with E-state index < -0.39 is 0 Å². The molecule has 0 radical (unpaired) electrons. The number of rotatable bonds is 6. The van der Waals surface area contributed by atoms with Crippen molar-refractivity contribution in [3.63, 3.8) is 0 Å². The van der Waals surface area contributed by atoms with Crippen LogP contribution in [0.25, 0.3) is 0 Å². The molecule has 0 aliphatic carbocycles. The summed E-state index contributed by atoms with van der Waals surface area (Å²) in [6.07, 6.45) is 1.49. The van der Waals surface area contributed by atoms with Crippen LogP contribution in [-0.4, -0.2) is 36.3 Å². The topological polar surface area (TPSA) is 75.4 Å². The van der Waals surface area contributed by atoms with Gasteiger partial charge in [0, 0.05) is 5.92 Å². The lowest BCUT2D eigenvalue weighted by Gasteiger charge is -2.31. The highest BCUT2D eigenvalue weighted by molar-refractivity contribution is 5.79. The number of nitrogens with zero attached hydrogens (tertiary/aromatic N) is 1. The van der Waals surface area contributed by atoms with Gasteiger partial charge in [-0.15, -0.1) is 0 Å². The molecule has 1 aromatic rings. The van der Waals surface area contributed by atoms with Gasteiger partial charge in [0.05, 0.1) is 12.6 Å². The van der Waals surface area contributed by atoms with Crippen LogP contribution in [0.1, 0.15) is 38.3 Å². The van der Waals surface area contributed by atoms with E-state index >= 15 is 0 Å². The monoisotopic (exact) mass is 317 g/mol. The number of hydrogen-bond acceptors (Lipinski definition) is 3. The Morgan fingerprint density at radius 1 is 1.22 bits per heavy atom. The molecule has 5 heteroatoms. The Kier molecular flexibility index (Phi) is 6.16. The van der Waals surface area contributed by atoms with Crippen molar-refractivity contribution in [1.82, 2.24) is 10.2 Å². The van der Waals surface area contributed by atoms with Gasteiger partial charge in [-0.3, -0.25) is 14.5 Å². The van der Waals surface area contributed by atoms with Gasteiger partial charge >= 0.3 is 0 Å². The van der Waals surface area contributed by atoms with Gasteiger partial charge in [0.25, 0.3) is 0 Å². The van der Waals surface area contributed by atoms with Gasteiger partial charge in [0.2, 0.25) is 11.8 Å². The largest absolute Gasteiger partial charge is 0.369 e. The second kappa shape index (κ2) is 8.11. The molecule has 2 rings (SSSR count). The Morgan fingerprint density at radius 3 is 2.35 bits per heavy atom. The standard InChI is InChI=1S/C18H27N3O2/c1-13(2)17(14-6-4-3-5-7-14)20-16(22)12-21-10-8-15(9-11-21)18(19)23/h3-7,13,15,17H,8-12H2,1-2H3,(H2,19,23)(H,20,22). The predicted octanol–water partition coefficient (Wildman–Crippen LogP) is 1.70. The van der Waals surface area contributed by atoms with Crippen molar-refractivity contribution in [2.24, 2.45) is 17.6 Å². The van der Waals surface area contributed by atoms with Gasteiger partial charge in [0.1, 0.15) is 0 Å². The van der Waals surface area contributed by atoms with Crippen molar-refractivity contribution in [2.45, 2.75) is 32.7 Å². The molecule has 0 spiro atoms. The van der Waals surface area contributed by atoms with Crippen molar-refractivity contribution >= 4 is 11.8 Å². The average molecular weight is 317 g/mol. The van der Waals surface area contributed by atoms with Gasteiger partial charge in [-0.2, -0.15) is 0 Å². The second-order valence-electron chi connectivity index (χ2n) is 6.65. The number of carbonyl (C=O) groups is 2. The summed E-state index contributed by atoms with van der Waals surface area (Å²) in [6, 6.07) is 10.1. The van der Waals surface area contributed by atoms with Gasteiger partial charge in [0.15, 0.2) is 0 Å². The van der Waals surface area contributed by atoms with E-state index in [9.17, 15) is 9.59 Å². The van der Waals surface area contributed by atoms with Crippen molar-refractivity contribution < 1.29 is 9.59 Å². The lowest BCUT2D eigenvalue weighted by atomic mass is 9.95. The normalized spacial score (nSPS) is 17.9. The fourth-order valence-electron chi connectivity index (χ4n) is 3.09. The first-order chi connectivity index (χ1) is 11.0. The number of likely N-dealkylation sites (tertiary alicyclic amines) is 1. The number of benzene rings is 1. The van der Waals surface area contributed by atoms with Crippen LogP contribution in [0.5, 0.6) is 0 Å². The van der Waals surface area contributed by atoms with E-state index in [0.717, 1.165) is 31.5 Å². The Bertz CT molecular complexity index is 522. The Hall–Kier alpha value is -1.88. The fraction of sp³-hybridized carbons (Fsp3) is 0.556. The van der Waals surface area contributed by atoms with Crippen molar-refractivity contribution in [3.8, 4) is 0 Å². The van der Waals surface area contributed by atoms with Crippen LogP contribution in [0.3, 0.4) is 0 Å². The lowest BCUT2D eigenvalue weighted by molar-refractivity contribution is -0.124. The smallest absolute Gasteiger partial charge is 0.234 e. The molecule has 1 heterocycles. The molecule has 1 atom stereocenters. The molecule has 1 fully saturated rings. The third-order valence-corrected chi connectivity index (χ3v) is 4.50. The SMILES string of the molecule is CC(C)C(NC(=O)CN1CCC(C(N)=O)CC1)c1ccccc1. The molecule has 2 amide bonds. The molecule has 126 valence electrons. The number of nitrogens with one attached hydrogen (secondary N) is 1. The molecular formula is C18H27N3O2. The summed E-state index contributed by atoms with van der Waals surface area (Å²) >= 11 is 0. The molecule has 1 aliphatic heterocycles. The molecule has 1 unspecified atom stereocenters. The molecule has 1 aromatic carbocycles. The van der Waals surface area contributed by atoms with Crippen LogP contribution in [0.2, 0.25) is 0 Å². The zero-order valence-electron chi connectivity index (χ0n) is 14.0. The maximum Gasteiger partial charge on any atom is 0.234 e. The number of carbonyl (C=O) groups excluding carboxylic acids is 2. The van der Waals surface area contributed by atoms with E-state index in [1.807, 2.05) is 30.3 Å². The Morgan fingerprint density at radius 2 is 1.83 bits per heavy atom. The predicted molar refractivity (Wildman–Crippen MR) is 90.5 cm³/mol. The van der Waals surface area contributed by atoms with E-state index in [4.69, 9.17) is 5.73 Å². The quantitative estimate of drug-likeness (QED) is 0.838. The van der Waals surface area contributed by atoms with Crippen LogP contribution in [0.15, 0.2) is 30.3 Å². The highest BCUT2D eigenvalue weighted by Crippen LogP contribution is 2.21. The van der Waals surface area contributed by atoms with Crippen LogP contribution in [0, 0.1) is 11.8 Å². The Labute approximate surface area is 138 Å². The number of primary amides is 1. The molecular weight excluding hydrogens is 290 g/mol. The summed E-state index contributed by atoms with van der Waals surface area (Å²) < 4.78 is 0.